The summed E-state index contributed by atoms with van der Waals surface area (Å²) in [4.78, 5) is 4.31. The lowest BCUT2D eigenvalue weighted by Crippen LogP contribution is -2.33. The molecule has 0 saturated carbocycles. The fourth-order valence-electron chi connectivity index (χ4n) is 2.16. The first-order valence-corrected chi connectivity index (χ1v) is 5.75. The first kappa shape index (κ1) is 9.66. The van der Waals surface area contributed by atoms with Gasteiger partial charge < -0.3 is 16.0 Å². The second kappa shape index (κ2) is 4.14. The lowest BCUT2D eigenvalue weighted by molar-refractivity contribution is 0.764. The fraction of sp³-hybridized carbons (Fsp3) is 0.417. The lowest BCUT2D eigenvalue weighted by Gasteiger charge is -2.07. The molecule has 0 aromatic heterocycles. The van der Waals surface area contributed by atoms with Gasteiger partial charge >= 0.3 is 0 Å². The van der Waals surface area contributed by atoms with Crippen LogP contribution in [0.2, 0.25) is 0 Å². The highest BCUT2D eigenvalue weighted by molar-refractivity contribution is 5.81. The second-order valence-electron chi connectivity index (χ2n) is 4.22. The molecule has 0 fully saturated rings. The van der Waals surface area contributed by atoms with E-state index in [-0.39, 0.29) is 0 Å². The minimum absolute atomic E-state index is 0.846. The first-order valence-electron chi connectivity index (χ1n) is 5.75. The number of hydrogen-bond acceptors (Lipinski definition) is 4. The van der Waals surface area contributed by atoms with Crippen molar-refractivity contribution in [1.82, 2.24) is 16.0 Å². The number of hydrogen-bond donors (Lipinski definition) is 3. The van der Waals surface area contributed by atoms with E-state index in [0.717, 1.165) is 38.7 Å². The molecule has 2 aliphatic rings. The Bertz CT molecular complexity index is 425. The van der Waals surface area contributed by atoms with Crippen molar-refractivity contribution >= 4 is 5.96 Å². The molecule has 2 aliphatic heterocycles. The predicted molar refractivity (Wildman–Crippen MR) is 64.1 cm³/mol. The third kappa shape index (κ3) is 1.88. The summed E-state index contributed by atoms with van der Waals surface area (Å²) >= 11 is 0. The monoisotopic (exact) mass is 216 g/mol. The molecule has 0 aliphatic carbocycles. The molecule has 0 atom stereocenters. The number of fused-ring (bicyclic) bond motifs is 1. The second-order valence-corrected chi connectivity index (χ2v) is 4.22. The van der Waals surface area contributed by atoms with Crippen LogP contribution in [-0.4, -0.2) is 19.0 Å². The Morgan fingerprint density at radius 1 is 1.25 bits per heavy atom. The fourth-order valence-corrected chi connectivity index (χ4v) is 2.16. The smallest absolute Gasteiger partial charge is 0.191 e. The molecule has 3 rings (SSSR count). The van der Waals surface area contributed by atoms with Crippen molar-refractivity contribution in [2.45, 2.75) is 19.6 Å². The summed E-state index contributed by atoms with van der Waals surface area (Å²) in [5.74, 6) is 0.929. The van der Waals surface area contributed by atoms with Crippen molar-refractivity contribution in [2.24, 2.45) is 4.99 Å². The van der Waals surface area contributed by atoms with Gasteiger partial charge in [-0.1, -0.05) is 18.2 Å². The van der Waals surface area contributed by atoms with Crippen molar-refractivity contribution in [1.29, 1.82) is 0 Å². The average Bonchev–Trinajstić information content (AvgIpc) is 2.97. The summed E-state index contributed by atoms with van der Waals surface area (Å²) in [7, 11) is 0. The molecule has 4 nitrogen and oxygen atoms in total. The SMILES string of the molecule is c1cc2c(cc1CNC1=NCCN1)CNC2. The lowest BCUT2D eigenvalue weighted by atomic mass is 10.1. The highest BCUT2D eigenvalue weighted by atomic mass is 15.2. The Balaban J connectivity index is 1.66. The highest BCUT2D eigenvalue weighted by Crippen LogP contribution is 2.16. The van der Waals surface area contributed by atoms with E-state index in [1.165, 1.54) is 16.7 Å². The maximum Gasteiger partial charge on any atom is 0.191 e. The van der Waals surface area contributed by atoms with Crippen LogP contribution >= 0.6 is 0 Å². The van der Waals surface area contributed by atoms with Crippen LogP contribution in [0.1, 0.15) is 16.7 Å². The molecule has 0 spiro atoms. The molecule has 16 heavy (non-hydrogen) atoms. The van der Waals surface area contributed by atoms with E-state index in [9.17, 15) is 0 Å². The first-order chi connectivity index (χ1) is 7.92. The zero-order valence-corrected chi connectivity index (χ0v) is 9.21. The van der Waals surface area contributed by atoms with Crippen LogP contribution in [0.4, 0.5) is 0 Å². The molecule has 2 heterocycles. The molecule has 0 amide bonds. The maximum absolute atomic E-state index is 4.31. The van der Waals surface area contributed by atoms with Gasteiger partial charge in [0.1, 0.15) is 0 Å². The Labute approximate surface area is 95.2 Å². The van der Waals surface area contributed by atoms with E-state index in [1.807, 2.05) is 0 Å². The van der Waals surface area contributed by atoms with Crippen molar-refractivity contribution < 1.29 is 0 Å². The van der Waals surface area contributed by atoms with Crippen molar-refractivity contribution in [3.63, 3.8) is 0 Å². The van der Waals surface area contributed by atoms with Gasteiger partial charge in [-0.15, -0.1) is 0 Å². The van der Waals surface area contributed by atoms with Gasteiger partial charge in [-0.3, -0.25) is 4.99 Å². The summed E-state index contributed by atoms with van der Waals surface area (Å²) in [5, 5.41) is 9.87. The number of benzene rings is 1. The normalized spacial score (nSPS) is 17.9. The zero-order chi connectivity index (χ0) is 10.8. The van der Waals surface area contributed by atoms with E-state index >= 15 is 0 Å². The van der Waals surface area contributed by atoms with Gasteiger partial charge in [-0.2, -0.15) is 0 Å². The van der Waals surface area contributed by atoms with Crippen LogP contribution in [0, 0.1) is 0 Å². The van der Waals surface area contributed by atoms with E-state index in [1.54, 1.807) is 0 Å². The number of aliphatic imine (C=N–C) groups is 1. The highest BCUT2D eigenvalue weighted by Gasteiger charge is 2.10. The summed E-state index contributed by atoms with van der Waals surface area (Å²) in [5.41, 5.74) is 4.18. The summed E-state index contributed by atoms with van der Waals surface area (Å²) in [6.07, 6.45) is 0. The summed E-state index contributed by atoms with van der Waals surface area (Å²) < 4.78 is 0. The van der Waals surface area contributed by atoms with Gasteiger partial charge in [0.2, 0.25) is 0 Å². The van der Waals surface area contributed by atoms with Crippen molar-refractivity contribution in [3.05, 3.63) is 34.9 Å². The molecular formula is C12H16N4. The minimum Gasteiger partial charge on any atom is -0.355 e. The molecule has 0 bridgehead atoms. The number of nitrogens with one attached hydrogen (secondary N) is 3. The third-order valence-electron chi connectivity index (χ3n) is 3.04. The van der Waals surface area contributed by atoms with E-state index in [2.05, 4.69) is 39.1 Å². The molecular weight excluding hydrogens is 200 g/mol. The zero-order valence-electron chi connectivity index (χ0n) is 9.21. The summed E-state index contributed by atoms with van der Waals surface area (Å²) in [6, 6.07) is 6.68. The van der Waals surface area contributed by atoms with Crippen molar-refractivity contribution in [3.8, 4) is 0 Å². The maximum atomic E-state index is 4.31. The third-order valence-corrected chi connectivity index (χ3v) is 3.04. The van der Waals surface area contributed by atoms with Gasteiger partial charge in [-0.05, 0) is 16.7 Å². The van der Waals surface area contributed by atoms with Gasteiger partial charge in [0.25, 0.3) is 0 Å². The molecule has 0 radical (unpaired) electrons. The van der Waals surface area contributed by atoms with Crippen LogP contribution < -0.4 is 16.0 Å². The molecule has 1 aromatic rings. The molecule has 4 heteroatoms. The van der Waals surface area contributed by atoms with Gasteiger partial charge in [-0.25, -0.2) is 0 Å². The molecule has 0 saturated heterocycles. The van der Waals surface area contributed by atoms with E-state index < -0.39 is 0 Å². The topological polar surface area (TPSA) is 48.5 Å². The number of rotatable bonds is 2. The Morgan fingerprint density at radius 3 is 3.06 bits per heavy atom. The average molecular weight is 216 g/mol. The molecule has 0 unspecified atom stereocenters. The van der Waals surface area contributed by atoms with Gasteiger partial charge in [0.05, 0.1) is 6.54 Å². The van der Waals surface area contributed by atoms with Gasteiger partial charge in [0.15, 0.2) is 5.96 Å². The van der Waals surface area contributed by atoms with Crippen LogP contribution in [0.5, 0.6) is 0 Å². The standard InChI is InChI=1S/C12H16N4/c1-2-10-7-13-8-11(10)5-9(1)6-16-12-14-3-4-15-12/h1-2,5,13H,3-4,6-8H2,(H2,14,15,16). The number of guanidine groups is 1. The van der Waals surface area contributed by atoms with Crippen LogP contribution in [-0.2, 0) is 19.6 Å². The van der Waals surface area contributed by atoms with Crippen molar-refractivity contribution in [2.75, 3.05) is 13.1 Å². The molecule has 84 valence electrons. The molecule has 3 N–H and O–H groups in total. The largest absolute Gasteiger partial charge is 0.355 e. The van der Waals surface area contributed by atoms with Crippen LogP contribution in [0.15, 0.2) is 23.2 Å². The molecule has 1 aromatic carbocycles. The van der Waals surface area contributed by atoms with Crippen LogP contribution in [0.25, 0.3) is 0 Å². The Kier molecular flexibility index (Phi) is 2.50. The Morgan fingerprint density at radius 2 is 2.19 bits per heavy atom. The number of nitrogens with zero attached hydrogens (tertiary/aromatic N) is 1. The quantitative estimate of drug-likeness (QED) is 0.668. The van der Waals surface area contributed by atoms with E-state index in [4.69, 9.17) is 0 Å². The Hall–Kier alpha value is -1.55. The minimum atomic E-state index is 0.846. The predicted octanol–water partition coefficient (Wildman–Crippen LogP) is 0.339. The summed E-state index contributed by atoms with van der Waals surface area (Å²) in [6.45, 7) is 4.70. The van der Waals surface area contributed by atoms with E-state index in [0.29, 0.717) is 0 Å². The van der Waals surface area contributed by atoms with Gasteiger partial charge in [0, 0.05) is 26.2 Å². The van der Waals surface area contributed by atoms with Crippen LogP contribution in [0.3, 0.4) is 0 Å².